The molecule has 0 spiro atoms. The largest absolute Gasteiger partial charge is 0.464 e. The Morgan fingerprint density at radius 3 is 3.00 bits per heavy atom. The van der Waals surface area contributed by atoms with Crippen LogP contribution < -0.4 is 4.74 Å². The van der Waals surface area contributed by atoms with Crippen molar-refractivity contribution in [3.63, 3.8) is 0 Å². The lowest BCUT2D eigenvalue weighted by Gasteiger charge is -2.24. The highest BCUT2D eigenvalue weighted by atomic mass is 16.5. The van der Waals surface area contributed by atoms with Crippen LogP contribution in [-0.4, -0.2) is 41.2 Å². The molecule has 5 nitrogen and oxygen atoms in total. The number of ether oxygens (including phenoxy) is 2. The zero-order valence-corrected chi connectivity index (χ0v) is 14.1. The van der Waals surface area contributed by atoms with Gasteiger partial charge < -0.3 is 14.4 Å². The van der Waals surface area contributed by atoms with Crippen LogP contribution in [0.25, 0.3) is 10.9 Å². The van der Waals surface area contributed by atoms with Gasteiger partial charge in [0, 0.05) is 24.1 Å². The lowest BCUT2D eigenvalue weighted by molar-refractivity contribution is -0.139. The Kier molecular flexibility index (Phi) is 3.88. The predicted molar refractivity (Wildman–Crippen MR) is 91.0 cm³/mol. The highest BCUT2D eigenvalue weighted by Gasteiger charge is 2.31. The van der Waals surface area contributed by atoms with Crippen LogP contribution in [0.1, 0.15) is 30.9 Å². The van der Waals surface area contributed by atoms with Gasteiger partial charge in [-0.2, -0.15) is 0 Å². The standard InChI is InChI=1S/C19H22N2O3/c1-12-5-6-17-14(8-12)9-15-10-21(11-16-4-3-7-23-16)19(22)13(2)24-18(15)20-17/h5-6,8-9,13,16H,3-4,7,10-11H2,1-2H3/t13-,16+/m0/s1. The maximum Gasteiger partial charge on any atom is 0.263 e. The number of hydrogen-bond acceptors (Lipinski definition) is 4. The molecule has 1 fully saturated rings. The lowest BCUT2D eigenvalue weighted by Crippen LogP contribution is -2.41. The Hall–Kier alpha value is -2.14. The molecule has 3 heterocycles. The first-order valence-corrected chi connectivity index (χ1v) is 8.57. The first-order valence-electron chi connectivity index (χ1n) is 8.57. The number of amides is 1. The highest BCUT2D eigenvalue weighted by molar-refractivity contribution is 5.84. The van der Waals surface area contributed by atoms with Crippen LogP contribution in [0.2, 0.25) is 0 Å². The van der Waals surface area contributed by atoms with Crippen LogP contribution >= 0.6 is 0 Å². The average Bonchev–Trinajstić information content (AvgIpc) is 3.03. The number of fused-ring (bicyclic) bond motifs is 2. The smallest absolute Gasteiger partial charge is 0.263 e. The molecule has 4 rings (SSSR count). The van der Waals surface area contributed by atoms with Gasteiger partial charge in [0.25, 0.3) is 5.91 Å². The van der Waals surface area contributed by atoms with E-state index in [9.17, 15) is 4.79 Å². The van der Waals surface area contributed by atoms with Crippen LogP contribution in [0, 0.1) is 6.92 Å². The molecule has 2 aromatic rings. The summed E-state index contributed by atoms with van der Waals surface area (Å²) in [6, 6.07) is 8.24. The molecule has 5 heteroatoms. The minimum absolute atomic E-state index is 0.00346. The van der Waals surface area contributed by atoms with E-state index >= 15 is 0 Å². The van der Waals surface area contributed by atoms with Crippen LogP contribution in [0.15, 0.2) is 24.3 Å². The van der Waals surface area contributed by atoms with Crippen LogP contribution in [0.4, 0.5) is 0 Å². The fourth-order valence-corrected chi connectivity index (χ4v) is 3.48. The molecular formula is C19H22N2O3. The molecule has 1 amide bonds. The van der Waals surface area contributed by atoms with Gasteiger partial charge in [0.05, 0.1) is 18.2 Å². The molecule has 126 valence electrons. The summed E-state index contributed by atoms with van der Waals surface area (Å²) < 4.78 is 11.6. The van der Waals surface area contributed by atoms with E-state index in [1.807, 2.05) is 17.0 Å². The topological polar surface area (TPSA) is 51.7 Å². The SMILES string of the molecule is Cc1ccc2nc3c(cc2c1)CN(C[C@H]1CCCO1)C(=O)[C@H](C)O3. The first kappa shape index (κ1) is 15.4. The van der Waals surface area contributed by atoms with Crippen LogP contribution in [-0.2, 0) is 16.1 Å². The lowest BCUT2D eigenvalue weighted by atomic mass is 10.1. The molecule has 0 saturated carbocycles. The van der Waals surface area contributed by atoms with Crippen molar-refractivity contribution in [2.45, 2.75) is 45.4 Å². The Bertz CT molecular complexity index is 784. The highest BCUT2D eigenvalue weighted by Crippen LogP contribution is 2.29. The van der Waals surface area contributed by atoms with Gasteiger partial charge in [-0.05, 0) is 44.9 Å². The number of carbonyl (C=O) groups is 1. The maximum absolute atomic E-state index is 12.7. The van der Waals surface area contributed by atoms with Gasteiger partial charge in [-0.1, -0.05) is 11.6 Å². The Morgan fingerprint density at radius 2 is 2.21 bits per heavy atom. The first-order chi connectivity index (χ1) is 11.6. The third-order valence-electron chi connectivity index (χ3n) is 4.77. The summed E-state index contributed by atoms with van der Waals surface area (Å²) in [4.78, 5) is 19.2. The number of aromatic nitrogens is 1. The molecule has 1 saturated heterocycles. The fraction of sp³-hybridized carbons (Fsp3) is 0.474. The number of rotatable bonds is 2. The van der Waals surface area contributed by atoms with E-state index in [1.54, 1.807) is 6.92 Å². The van der Waals surface area contributed by atoms with Crippen molar-refractivity contribution in [1.82, 2.24) is 9.88 Å². The van der Waals surface area contributed by atoms with Crippen LogP contribution in [0.3, 0.4) is 0 Å². The Balaban J connectivity index is 1.69. The molecule has 0 radical (unpaired) electrons. The van der Waals surface area contributed by atoms with Crippen molar-refractivity contribution in [3.05, 3.63) is 35.4 Å². The number of benzene rings is 1. The quantitative estimate of drug-likeness (QED) is 0.851. The van der Waals surface area contributed by atoms with Gasteiger partial charge in [0.1, 0.15) is 0 Å². The van der Waals surface area contributed by atoms with Gasteiger partial charge in [-0.15, -0.1) is 0 Å². The molecule has 0 N–H and O–H groups in total. The summed E-state index contributed by atoms with van der Waals surface area (Å²) in [6.45, 7) is 5.80. The number of nitrogens with zero attached hydrogens (tertiary/aromatic N) is 2. The van der Waals surface area contributed by atoms with E-state index < -0.39 is 6.10 Å². The normalized spacial score (nSPS) is 23.9. The number of carbonyl (C=O) groups excluding carboxylic acids is 1. The average molecular weight is 326 g/mol. The van der Waals surface area contributed by atoms with Crippen molar-refractivity contribution in [2.75, 3.05) is 13.2 Å². The van der Waals surface area contributed by atoms with Gasteiger partial charge in [-0.3, -0.25) is 4.79 Å². The zero-order chi connectivity index (χ0) is 16.7. The molecule has 1 aromatic heterocycles. The Labute approximate surface area is 141 Å². The molecule has 0 bridgehead atoms. The van der Waals surface area contributed by atoms with Gasteiger partial charge in [0.15, 0.2) is 6.10 Å². The molecule has 24 heavy (non-hydrogen) atoms. The summed E-state index contributed by atoms with van der Waals surface area (Å²) in [6.07, 6.45) is 1.70. The molecule has 0 aliphatic carbocycles. The molecule has 0 unspecified atom stereocenters. The maximum atomic E-state index is 12.7. The predicted octanol–water partition coefficient (Wildman–Crippen LogP) is 2.83. The number of aryl methyl sites for hydroxylation is 1. The van der Waals surface area contributed by atoms with Crippen molar-refractivity contribution >= 4 is 16.8 Å². The second-order valence-corrected chi connectivity index (χ2v) is 6.76. The second-order valence-electron chi connectivity index (χ2n) is 6.76. The van der Waals surface area contributed by atoms with E-state index in [1.165, 1.54) is 5.56 Å². The number of pyridine rings is 1. The van der Waals surface area contributed by atoms with E-state index in [0.717, 1.165) is 35.9 Å². The summed E-state index contributed by atoms with van der Waals surface area (Å²) in [7, 11) is 0. The van der Waals surface area contributed by atoms with Crippen LogP contribution in [0.5, 0.6) is 5.88 Å². The van der Waals surface area contributed by atoms with E-state index in [2.05, 4.69) is 24.0 Å². The minimum Gasteiger partial charge on any atom is -0.464 e. The van der Waals surface area contributed by atoms with E-state index in [0.29, 0.717) is 19.0 Å². The van der Waals surface area contributed by atoms with Crippen molar-refractivity contribution in [2.24, 2.45) is 0 Å². The Morgan fingerprint density at radius 1 is 1.33 bits per heavy atom. The zero-order valence-electron chi connectivity index (χ0n) is 14.1. The third-order valence-corrected chi connectivity index (χ3v) is 4.77. The summed E-state index contributed by atoms with van der Waals surface area (Å²) >= 11 is 0. The van der Waals surface area contributed by atoms with E-state index in [-0.39, 0.29) is 12.0 Å². The molecule has 2 aliphatic heterocycles. The third kappa shape index (κ3) is 2.84. The van der Waals surface area contributed by atoms with Crippen molar-refractivity contribution < 1.29 is 14.3 Å². The monoisotopic (exact) mass is 326 g/mol. The summed E-state index contributed by atoms with van der Waals surface area (Å²) in [5.41, 5.74) is 3.05. The molecule has 1 aromatic carbocycles. The molecular weight excluding hydrogens is 304 g/mol. The minimum atomic E-state index is -0.525. The summed E-state index contributed by atoms with van der Waals surface area (Å²) in [5.74, 6) is 0.575. The molecule has 2 atom stereocenters. The number of hydrogen-bond donors (Lipinski definition) is 0. The second kappa shape index (κ2) is 6.06. The van der Waals surface area contributed by atoms with Gasteiger partial charge in [0.2, 0.25) is 5.88 Å². The fourth-order valence-electron chi connectivity index (χ4n) is 3.48. The molecule has 2 aliphatic rings. The summed E-state index contributed by atoms with van der Waals surface area (Å²) in [5, 5.41) is 1.08. The van der Waals surface area contributed by atoms with E-state index in [4.69, 9.17) is 9.47 Å². The van der Waals surface area contributed by atoms with Gasteiger partial charge in [-0.25, -0.2) is 4.98 Å². The van der Waals surface area contributed by atoms with Crippen molar-refractivity contribution in [3.8, 4) is 5.88 Å². The van der Waals surface area contributed by atoms with Gasteiger partial charge >= 0.3 is 0 Å². The van der Waals surface area contributed by atoms with Crippen molar-refractivity contribution in [1.29, 1.82) is 0 Å².